The lowest BCUT2D eigenvalue weighted by molar-refractivity contribution is -0.155. The van der Waals surface area contributed by atoms with Gasteiger partial charge in [0.25, 0.3) is 0 Å². The van der Waals surface area contributed by atoms with Gasteiger partial charge in [-0.1, -0.05) is 12.5 Å². The lowest BCUT2D eigenvalue weighted by Gasteiger charge is -2.55. The molecule has 2 aromatic carbocycles. The molecule has 0 spiro atoms. The number of amides is 4. The van der Waals surface area contributed by atoms with Crippen molar-refractivity contribution in [2.75, 3.05) is 30.6 Å². The van der Waals surface area contributed by atoms with Crippen LogP contribution in [0.5, 0.6) is 0 Å². The molecule has 232 valence electrons. The minimum atomic E-state index is -1.57. The molecule has 0 N–H and O–H groups in total. The van der Waals surface area contributed by atoms with Crippen molar-refractivity contribution in [1.29, 1.82) is 0 Å². The van der Waals surface area contributed by atoms with Gasteiger partial charge in [0.2, 0.25) is 23.6 Å². The van der Waals surface area contributed by atoms with E-state index in [0.29, 0.717) is 5.57 Å². The highest BCUT2D eigenvalue weighted by atomic mass is 16.5. The smallest absolute Gasteiger partial charge is 0.337 e. The quantitative estimate of drug-likeness (QED) is 0.270. The molecule has 2 bridgehead atoms. The number of imide groups is 2. The zero-order chi connectivity index (χ0) is 32.5. The number of carbonyl (C=O) groups excluding carboxylic acids is 7. The van der Waals surface area contributed by atoms with E-state index >= 15 is 0 Å². The van der Waals surface area contributed by atoms with Gasteiger partial charge in [0.05, 0.1) is 67.0 Å². The van der Waals surface area contributed by atoms with E-state index in [4.69, 9.17) is 14.2 Å². The van der Waals surface area contributed by atoms with Crippen molar-refractivity contribution in [3.8, 4) is 0 Å². The third-order valence-corrected chi connectivity index (χ3v) is 9.77. The monoisotopic (exact) mass is 614 g/mol. The van der Waals surface area contributed by atoms with Gasteiger partial charge >= 0.3 is 17.9 Å². The first kappa shape index (κ1) is 29.9. The zero-order valence-electron chi connectivity index (χ0n) is 25.2. The van der Waals surface area contributed by atoms with E-state index in [0.717, 1.165) is 9.80 Å². The molecule has 2 aliphatic heterocycles. The van der Waals surface area contributed by atoms with Crippen LogP contribution in [0.2, 0.25) is 0 Å². The Hall–Kier alpha value is -5.13. The molecule has 45 heavy (non-hydrogen) atoms. The second kappa shape index (κ2) is 10.5. The zero-order valence-corrected chi connectivity index (χ0v) is 25.2. The SMILES string of the molecule is CCOC(=O)C1=C(C)C2[C@@H]3C(=O)N(c4ccc(C(=O)OC)cc4)C(=O)[C@@H]3C1(C)[C@H]1C(=O)N(c3ccc(C(=O)OC)cc3)C(=O)[C@@H]21. The number of anilines is 2. The van der Waals surface area contributed by atoms with Gasteiger partial charge in [0, 0.05) is 16.9 Å². The summed E-state index contributed by atoms with van der Waals surface area (Å²) >= 11 is 0. The molecule has 3 fully saturated rings. The van der Waals surface area contributed by atoms with Crippen LogP contribution in [0.3, 0.4) is 0 Å². The Bertz CT molecular complexity index is 1620. The van der Waals surface area contributed by atoms with Crippen LogP contribution >= 0.6 is 0 Å². The van der Waals surface area contributed by atoms with E-state index in [1.165, 1.54) is 62.8 Å². The van der Waals surface area contributed by atoms with Gasteiger partial charge in [-0.3, -0.25) is 29.0 Å². The van der Waals surface area contributed by atoms with Crippen molar-refractivity contribution in [2.24, 2.45) is 35.0 Å². The summed E-state index contributed by atoms with van der Waals surface area (Å²) in [5.74, 6) is -9.51. The molecule has 0 aromatic heterocycles. The maximum Gasteiger partial charge on any atom is 0.337 e. The largest absolute Gasteiger partial charge is 0.465 e. The van der Waals surface area contributed by atoms with Crippen LogP contribution in [0, 0.1) is 35.0 Å². The van der Waals surface area contributed by atoms with E-state index in [-0.39, 0.29) is 34.7 Å². The summed E-state index contributed by atoms with van der Waals surface area (Å²) in [4.78, 5) is 96.4. The minimum absolute atomic E-state index is 0.0373. The Kier molecular flexibility index (Phi) is 6.98. The molecule has 0 radical (unpaired) electrons. The highest BCUT2D eigenvalue weighted by molar-refractivity contribution is 6.27. The van der Waals surface area contributed by atoms with Crippen molar-refractivity contribution in [1.82, 2.24) is 0 Å². The summed E-state index contributed by atoms with van der Waals surface area (Å²) in [5.41, 5.74) is -0.145. The standard InChI is InChI=1S/C33H30N2O10/c1-6-45-32(42)23-15(2)20-21-24(28(38)34(26(21)36)18-11-7-16(8-12-18)30(40)43-4)33(23,3)25-22(20)27(37)35(29(25)39)19-13-9-17(10-14-19)31(41)44-5/h7-14,20-22,24-25H,6H2,1-5H3/t20?,21-,22-,24+,25+,33?/m0/s1. The first-order valence-corrected chi connectivity index (χ1v) is 14.4. The number of rotatable bonds is 6. The Morgan fingerprint density at radius 1 is 0.667 bits per heavy atom. The van der Waals surface area contributed by atoms with Crippen LogP contribution in [-0.4, -0.2) is 62.4 Å². The average Bonchev–Trinajstić information content (AvgIpc) is 3.46. The van der Waals surface area contributed by atoms with Gasteiger partial charge in [-0.25, -0.2) is 14.4 Å². The Morgan fingerprint density at radius 3 is 1.42 bits per heavy atom. The molecule has 1 saturated carbocycles. The van der Waals surface area contributed by atoms with Gasteiger partial charge in [0.15, 0.2) is 0 Å². The number of carbonyl (C=O) groups is 7. The highest BCUT2D eigenvalue weighted by Gasteiger charge is 2.77. The molecule has 2 saturated heterocycles. The van der Waals surface area contributed by atoms with Crippen LogP contribution in [0.4, 0.5) is 11.4 Å². The Labute approximate surface area is 257 Å². The predicted molar refractivity (Wildman–Crippen MR) is 155 cm³/mol. The predicted octanol–water partition coefficient (Wildman–Crippen LogP) is 2.70. The average molecular weight is 615 g/mol. The van der Waals surface area contributed by atoms with Crippen LogP contribution < -0.4 is 9.80 Å². The number of esters is 3. The van der Waals surface area contributed by atoms with Crippen molar-refractivity contribution >= 4 is 52.9 Å². The van der Waals surface area contributed by atoms with Gasteiger partial charge < -0.3 is 14.2 Å². The lowest BCUT2D eigenvalue weighted by atomic mass is 9.43. The number of allylic oxidation sites excluding steroid dienone is 1. The maximum absolute atomic E-state index is 14.3. The molecular weight excluding hydrogens is 584 g/mol. The number of methoxy groups -OCH3 is 2. The van der Waals surface area contributed by atoms with Crippen LogP contribution in [0.25, 0.3) is 0 Å². The highest BCUT2D eigenvalue weighted by Crippen LogP contribution is 2.68. The van der Waals surface area contributed by atoms with Crippen molar-refractivity contribution in [3.05, 3.63) is 70.8 Å². The summed E-state index contributed by atoms with van der Waals surface area (Å²) in [5, 5.41) is 0. The molecule has 5 aliphatic rings. The molecule has 7 rings (SSSR count). The van der Waals surface area contributed by atoms with E-state index in [2.05, 4.69) is 0 Å². The third kappa shape index (κ3) is 3.94. The number of hydrogen-bond acceptors (Lipinski definition) is 10. The van der Waals surface area contributed by atoms with Crippen LogP contribution in [-0.2, 0) is 38.2 Å². The molecule has 2 aromatic rings. The summed E-state index contributed by atoms with van der Waals surface area (Å²) < 4.78 is 14.9. The molecular formula is C33H30N2O10. The summed E-state index contributed by atoms with van der Waals surface area (Å²) in [6.07, 6.45) is 0. The topological polar surface area (TPSA) is 154 Å². The second-order valence-electron chi connectivity index (χ2n) is 11.7. The summed E-state index contributed by atoms with van der Waals surface area (Å²) in [6, 6.07) is 11.5. The van der Waals surface area contributed by atoms with E-state index < -0.39 is 76.5 Å². The molecule has 12 heteroatoms. The third-order valence-electron chi connectivity index (χ3n) is 9.77. The fourth-order valence-electron chi connectivity index (χ4n) is 8.05. The van der Waals surface area contributed by atoms with Gasteiger partial charge in [-0.15, -0.1) is 0 Å². The fourth-order valence-corrected chi connectivity index (χ4v) is 8.05. The Morgan fingerprint density at radius 2 is 1.07 bits per heavy atom. The first-order valence-electron chi connectivity index (χ1n) is 14.4. The summed E-state index contributed by atoms with van der Waals surface area (Å²) in [6.45, 7) is 4.92. The van der Waals surface area contributed by atoms with Crippen molar-refractivity contribution < 1.29 is 47.8 Å². The maximum atomic E-state index is 14.3. The molecule has 12 nitrogen and oxygen atoms in total. The number of benzene rings is 2. The van der Waals surface area contributed by atoms with Crippen molar-refractivity contribution in [2.45, 2.75) is 20.8 Å². The van der Waals surface area contributed by atoms with Crippen LogP contribution in [0.15, 0.2) is 59.7 Å². The van der Waals surface area contributed by atoms with Crippen LogP contribution in [0.1, 0.15) is 41.5 Å². The van der Waals surface area contributed by atoms with E-state index in [9.17, 15) is 33.6 Å². The molecule has 4 atom stereocenters. The van der Waals surface area contributed by atoms with E-state index in [1.807, 2.05) is 0 Å². The Balaban J connectivity index is 1.47. The van der Waals surface area contributed by atoms with Gasteiger partial charge in [-0.2, -0.15) is 0 Å². The molecule has 3 aliphatic carbocycles. The van der Waals surface area contributed by atoms with Gasteiger partial charge in [0.1, 0.15) is 0 Å². The fraction of sp³-hybridized carbons (Fsp3) is 0.364. The van der Waals surface area contributed by atoms with Crippen molar-refractivity contribution in [3.63, 3.8) is 0 Å². The number of hydrogen-bond donors (Lipinski definition) is 0. The normalized spacial score (nSPS) is 28.3. The second-order valence-corrected chi connectivity index (χ2v) is 11.7. The summed E-state index contributed by atoms with van der Waals surface area (Å²) in [7, 11) is 2.47. The minimum Gasteiger partial charge on any atom is -0.465 e. The molecule has 2 heterocycles. The van der Waals surface area contributed by atoms with E-state index in [1.54, 1.807) is 20.8 Å². The lowest BCUT2D eigenvalue weighted by Crippen LogP contribution is -2.61. The number of nitrogens with zero attached hydrogens (tertiary/aromatic N) is 2. The number of ether oxygens (including phenoxy) is 3. The molecule has 4 amide bonds. The van der Waals surface area contributed by atoms with Gasteiger partial charge in [-0.05, 0) is 62.4 Å². The molecule has 0 unspecified atom stereocenters. The first-order chi connectivity index (χ1) is 21.4.